The summed E-state index contributed by atoms with van der Waals surface area (Å²) in [4.78, 5) is 24.0. The lowest BCUT2D eigenvalue weighted by Crippen LogP contribution is -2.11. The van der Waals surface area contributed by atoms with Gasteiger partial charge in [0.2, 0.25) is 0 Å². The van der Waals surface area contributed by atoms with E-state index in [1.807, 2.05) is 30.3 Å². The maximum absolute atomic E-state index is 12.3. The predicted molar refractivity (Wildman–Crippen MR) is 101 cm³/mol. The molecule has 0 saturated heterocycles. The van der Waals surface area contributed by atoms with Gasteiger partial charge in [0.05, 0.1) is 16.7 Å². The van der Waals surface area contributed by atoms with Crippen LogP contribution in [0.15, 0.2) is 59.8 Å². The van der Waals surface area contributed by atoms with Gasteiger partial charge < -0.3 is 9.40 Å². The minimum Gasteiger partial charge on any atom is -0.431 e. The van der Waals surface area contributed by atoms with Gasteiger partial charge in [0.25, 0.3) is 10.8 Å². The average molecular weight is 467 g/mol. The molecule has 2 aromatic heterocycles. The fourth-order valence-corrected chi connectivity index (χ4v) is 4.35. The van der Waals surface area contributed by atoms with E-state index in [2.05, 4.69) is 46.8 Å². The van der Waals surface area contributed by atoms with Crippen molar-refractivity contribution in [2.45, 2.75) is 11.0 Å². The Balaban J connectivity index is 1.66. The number of H-pyrrole nitrogens is 1. The Kier molecular flexibility index (Phi) is 4.19. The van der Waals surface area contributed by atoms with E-state index >= 15 is 0 Å². The van der Waals surface area contributed by atoms with Gasteiger partial charge >= 0.3 is 0 Å². The van der Waals surface area contributed by atoms with Crippen LogP contribution >= 0.6 is 43.6 Å². The van der Waals surface area contributed by atoms with Crippen molar-refractivity contribution in [3.8, 4) is 0 Å². The van der Waals surface area contributed by atoms with Crippen molar-refractivity contribution in [3.63, 3.8) is 0 Å². The zero-order chi connectivity index (χ0) is 16.7. The summed E-state index contributed by atoms with van der Waals surface area (Å²) < 4.78 is 7.26. The van der Waals surface area contributed by atoms with E-state index in [1.165, 1.54) is 11.8 Å². The number of halogens is 2. The third kappa shape index (κ3) is 3.01. The first-order valence-electron chi connectivity index (χ1n) is 6.96. The highest BCUT2D eigenvalue weighted by Crippen LogP contribution is 2.27. The van der Waals surface area contributed by atoms with Gasteiger partial charge in [-0.05, 0) is 40.2 Å². The Morgan fingerprint density at radius 2 is 2.00 bits per heavy atom. The molecule has 0 atom stereocenters. The summed E-state index contributed by atoms with van der Waals surface area (Å²) in [7, 11) is 0. The second-order valence-electron chi connectivity index (χ2n) is 5.03. The minimum absolute atomic E-state index is 0.171. The highest BCUT2D eigenvalue weighted by atomic mass is 79.9. The second-order valence-corrected chi connectivity index (χ2v) is 7.73. The van der Waals surface area contributed by atoms with Crippen LogP contribution in [0.2, 0.25) is 0 Å². The predicted octanol–water partition coefficient (Wildman–Crippen LogP) is 4.88. The SMILES string of the molecule is O=c1[nH]c(CSc2nc3ccccc3o2)nc2c(Br)cc(Br)cc12. The summed E-state index contributed by atoms with van der Waals surface area (Å²) in [5, 5.41) is 1.08. The normalized spacial score (nSPS) is 11.4. The number of thioether (sulfide) groups is 1. The van der Waals surface area contributed by atoms with E-state index in [0.717, 1.165) is 20.0 Å². The van der Waals surface area contributed by atoms with Gasteiger partial charge in [-0.1, -0.05) is 39.8 Å². The van der Waals surface area contributed by atoms with Crippen LogP contribution in [0.3, 0.4) is 0 Å². The van der Waals surface area contributed by atoms with Crippen molar-refractivity contribution in [3.05, 3.63) is 61.5 Å². The Labute approximate surface area is 157 Å². The molecule has 0 saturated carbocycles. The highest BCUT2D eigenvalue weighted by Gasteiger charge is 2.11. The third-order valence-corrected chi connectivity index (χ3v) is 5.29. The first-order chi connectivity index (χ1) is 11.6. The Morgan fingerprint density at radius 3 is 2.83 bits per heavy atom. The monoisotopic (exact) mass is 465 g/mol. The first kappa shape index (κ1) is 15.9. The summed E-state index contributed by atoms with van der Waals surface area (Å²) in [5.41, 5.74) is 2.02. The summed E-state index contributed by atoms with van der Waals surface area (Å²) in [6, 6.07) is 11.2. The summed E-state index contributed by atoms with van der Waals surface area (Å²) in [6.07, 6.45) is 0. The molecule has 0 spiro atoms. The molecule has 0 fully saturated rings. The number of benzene rings is 2. The third-order valence-electron chi connectivity index (χ3n) is 3.38. The zero-order valence-electron chi connectivity index (χ0n) is 12.0. The van der Waals surface area contributed by atoms with Crippen LogP contribution in [-0.2, 0) is 5.75 Å². The smallest absolute Gasteiger partial charge is 0.258 e. The number of nitrogens with one attached hydrogen (secondary N) is 1. The number of aromatic nitrogens is 3. The van der Waals surface area contributed by atoms with Gasteiger partial charge in [-0.3, -0.25) is 4.79 Å². The number of rotatable bonds is 3. The van der Waals surface area contributed by atoms with Crippen LogP contribution in [0.25, 0.3) is 22.0 Å². The molecule has 4 aromatic rings. The molecule has 2 aromatic carbocycles. The quantitative estimate of drug-likeness (QED) is 0.435. The lowest BCUT2D eigenvalue weighted by Gasteiger charge is -2.04. The largest absolute Gasteiger partial charge is 0.431 e. The summed E-state index contributed by atoms with van der Waals surface area (Å²) in [6.45, 7) is 0. The Morgan fingerprint density at radius 1 is 1.17 bits per heavy atom. The molecule has 0 aliphatic rings. The highest BCUT2D eigenvalue weighted by molar-refractivity contribution is 9.11. The van der Waals surface area contributed by atoms with Gasteiger partial charge in [0.15, 0.2) is 5.58 Å². The van der Waals surface area contributed by atoms with Crippen LogP contribution in [0.5, 0.6) is 0 Å². The van der Waals surface area contributed by atoms with E-state index in [9.17, 15) is 4.79 Å². The van der Waals surface area contributed by atoms with Crippen molar-refractivity contribution in [2.24, 2.45) is 0 Å². The lowest BCUT2D eigenvalue weighted by molar-refractivity contribution is 0.489. The molecule has 0 aliphatic heterocycles. The molecule has 0 unspecified atom stereocenters. The van der Waals surface area contributed by atoms with Crippen LogP contribution in [0, 0.1) is 0 Å². The topological polar surface area (TPSA) is 71.8 Å². The summed E-state index contributed by atoms with van der Waals surface area (Å²) >= 11 is 8.22. The number of oxazole rings is 1. The van der Waals surface area contributed by atoms with Gasteiger partial charge in [-0.2, -0.15) is 0 Å². The molecular formula is C16H9Br2N3O2S. The molecule has 4 rings (SSSR count). The van der Waals surface area contributed by atoms with Crippen molar-refractivity contribution < 1.29 is 4.42 Å². The summed E-state index contributed by atoms with van der Waals surface area (Å²) in [5.74, 6) is 1.03. The zero-order valence-corrected chi connectivity index (χ0v) is 16.0. The molecule has 24 heavy (non-hydrogen) atoms. The molecule has 120 valence electrons. The molecule has 0 radical (unpaired) electrons. The van der Waals surface area contributed by atoms with E-state index in [4.69, 9.17) is 4.42 Å². The van der Waals surface area contributed by atoms with Gasteiger partial charge in [-0.15, -0.1) is 0 Å². The van der Waals surface area contributed by atoms with Gasteiger partial charge in [0.1, 0.15) is 11.3 Å². The Bertz CT molecular complexity index is 1090. The number of hydrogen-bond acceptors (Lipinski definition) is 5. The minimum atomic E-state index is -0.171. The molecule has 0 aliphatic carbocycles. The second kappa shape index (κ2) is 6.34. The van der Waals surface area contributed by atoms with Crippen molar-refractivity contribution in [1.82, 2.24) is 15.0 Å². The first-order valence-corrected chi connectivity index (χ1v) is 9.53. The Hall–Kier alpha value is -1.64. The maximum Gasteiger partial charge on any atom is 0.258 e. The van der Waals surface area contributed by atoms with Crippen LogP contribution in [0.1, 0.15) is 5.82 Å². The maximum atomic E-state index is 12.3. The number of aromatic amines is 1. The molecule has 0 bridgehead atoms. The van der Waals surface area contributed by atoms with E-state index in [-0.39, 0.29) is 5.56 Å². The molecule has 2 heterocycles. The van der Waals surface area contributed by atoms with Crippen LogP contribution in [-0.4, -0.2) is 15.0 Å². The molecule has 8 heteroatoms. The van der Waals surface area contributed by atoms with E-state index in [0.29, 0.717) is 27.7 Å². The van der Waals surface area contributed by atoms with Crippen LogP contribution in [0.4, 0.5) is 0 Å². The molecular weight excluding hydrogens is 458 g/mol. The standard InChI is InChI=1S/C16H9Br2N3O2S/c17-8-5-9-14(10(18)6-8)20-13(21-15(9)22)7-24-16-19-11-3-1-2-4-12(11)23-16/h1-6H,7H2,(H,20,21,22). The number of hydrogen-bond donors (Lipinski definition) is 1. The van der Waals surface area contributed by atoms with E-state index in [1.54, 1.807) is 6.07 Å². The van der Waals surface area contributed by atoms with E-state index < -0.39 is 0 Å². The van der Waals surface area contributed by atoms with Gasteiger partial charge in [0, 0.05) is 8.95 Å². The number of fused-ring (bicyclic) bond motifs is 2. The number of nitrogens with zero attached hydrogens (tertiary/aromatic N) is 2. The average Bonchev–Trinajstić information content (AvgIpc) is 2.97. The lowest BCUT2D eigenvalue weighted by atomic mass is 10.2. The van der Waals surface area contributed by atoms with Crippen LogP contribution < -0.4 is 5.56 Å². The van der Waals surface area contributed by atoms with Crippen molar-refractivity contribution in [1.29, 1.82) is 0 Å². The van der Waals surface area contributed by atoms with Crippen molar-refractivity contribution >= 4 is 65.6 Å². The van der Waals surface area contributed by atoms with Gasteiger partial charge in [-0.25, -0.2) is 9.97 Å². The fraction of sp³-hybridized carbons (Fsp3) is 0.0625. The number of para-hydroxylation sites is 2. The van der Waals surface area contributed by atoms with Crippen molar-refractivity contribution in [2.75, 3.05) is 0 Å². The fourth-order valence-electron chi connectivity index (χ4n) is 2.33. The molecule has 5 nitrogen and oxygen atoms in total. The molecule has 0 amide bonds. The molecule has 1 N–H and O–H groups in total.